The molecule has 0 aliphatic carbocycles. The van der Waals surface area contributed by atoms with E-state index in [1.165, 1.54) is 17.6 Å². The van der Waals surface area contributed by atoms with Gasteiger partial charge in [0, 0.05) is 21.7 Å². The molecular weight excluding hydrogens is 322 g/mol. The van der Waals surface area contributed by atoms with Crippen molar-refractivity contribution >= 4 is 37.1 Å². The minimum atomic E-state index is -3.02. The zero-order valence-corrected chi connectivity index (χ0v) is 12.3. The molecule has 0 aliphatic rings. The van der Waals surface area contributed by atoms with E-state index in [-0.39, 0.29) is 5.75 Å². The predicted molar refractivity (Wildman–Crippen MR) is 73.8 cm³/mol. The summed E-state index contributed by atoms with van der Waals surface area (Å²) in [5.41, 5.74) is 1.80. The number of hydrogen-bond acceptors (Lipinski definition) is 4. The maximum atomic E-state index is 11.2. The van der Waals surface area contributed by atoms with E-state index in [4.69, 9.17) is 0 Å². The van der Waals surface area contributed by atoms with Gasteiger partial charge in [0.15, 0.2) is 9.84 Å². The van der Waals surface area contributed by atoms with Gasteiger partial charge in [-0.1, -0.05) is 28.1 Å². The Hall–Kier alpha value is -0.720. The van der Waals surface area contributed by atoms with Crippen LogP contribution in [-0.4, -0.2) is 19.7 Å². The first-order valence-corrected chi connectivity index (χ1v) is 8.55. The van der Waals surface area contributed by atoms with E-state index in [1.807, 2.05) is 29.6 Å². The molecule has 2 rings (SSSR count). The van der Waals surface area contributed by atoms with Crippen LogP contribution in [0.2, 0.25) is 0 Å². The van der Waals surface area contributed by atoms with Gasteiger partial charge in [0.05, 0.1) is 5.69 Å². The largest absolute Gasteiger partial charge is 0.240 e. The molecule has 0 spiro atoms. The van der Waals surface area contributed by atoms with Crippen LogP contribution in [0.3, 0.4) is 0 Å². The van der Waals surface area contributed by atoms with Gasteiger partial charge < -0.3 is 0 Å². The van der Waals surface area contributed by atoms with Gasteiger partial charge in [0.2, 0.25) is 0 Å². The summed E-state index contributed by atoms with van der Waals surface area (Å²) in [6.07, 6.45) is 1.22. The number of hydrogen-bond donors (Lipinski definition) is 0. The Kier molecular flexibility index (Phi) is 3.65. The average molecular weight is 332 g/mol. The minimum absolute atomic E-state index is 0.00562. The Morgan fingerprint density at radius 1 is 1.41 bits per heavy atom. The highest BCUT2D eigenvalue weighted by Crippen LogP contribution is 2.25. The molecule has 0 N–H and O–H groups in total. The molecule has 6 heteroatoms. The topological polar surface area (TPSA) is 47.0 Å². The molecule has 1 aromatic heterocycles. The number of benzene rings is 1. The van der Waals surface area contributed by atoms with E-state index in [1.54, 1.807) is 0 Å². The van der Waals surface area contributed by atoms with Crippen molar-refractivity contribution in [3.63, 3.8) is 0 Å². The third kappa shape index (κ3) is 3.62. The fraction of sp³-hybridized carbons (Fsp3) is 0.182. The van der Waals surface area contributed by atoms with E-state index in [9.17, 15) is 8.42 Å². The SMILES string of the molecule is CS(=O)(=O)Cc1nc(-c2cccc(Br)c2)cs1. The molecule has 90 valence electrons. The van der Waals surface area contributed by atoms with Crippen LogP contribution in [0.5, 0.6) is 0 Å². The summed E-state index contributed by atoms with van der Waals surface area (Å²) in [5, 5.41) is 2.50. The predicted octanol–water partition coefficient (Wildman–Crippen LogP) is 3.12. The van der Waals surface area contributed by atoms with Crippen molar-refractivity contribution in [2.75, 3.05) is 6.26 Å². The van der Waals surface area contributed by atoms with Crippen LogP contribution in [-0.2, 0) is 15.6 Å². The molecule has 0 bridgehead atoms. The number of halogens is 1. The van der Waals surface area contributed by atoms with Crippen molar-refractivity contribution < 1.29 is 8.42 Å². The molecule has 0 fully saturated rings. The van der Waals surface area contributed by atoms with Crippen LogP contribution < -0.4 is 0 Å². The van der Waals surface area contributed by atoms with Crippen molar-refractivity contribution in [2.24, 2.45) is 0 Å². The second-order valence-corrected chi connectivity index (χ2v) is 7.71. The van der Waals surface area contributed by atoms with E-state index >= 15 is 0 Å². The monoisotopic (exact) mass is 331 g/mol. The summed E-state index contributed by atoms with van der Waals surface area (Å²) >= 11 is 4.77. The maximum absolute atomic E-state index is 11.2. The standard InChI is InChI=1S/C11H10BrNO2S2/c1-17(14,15)7-11-13-10(6-16-11)8-3-2-4-9(12)5-8/h2-6H,7H2,1H3. The molecule has 0 saturated carbocycles. The molecule has 0 amide bonds. The van der Waals surface area contributed by atoms with Gasteiger partial charge in [-0.15, -0.1) is 11.3 Å². The molecule has 17 heavy (non-hydrogen) atoms. The van der Waals surface area contributed by atoms with Crippen molar-refractivity contribution in [1.82, 2.24) is 4.98 Å². The van der Waals surface area contributed by atoms with Gasteiger partial charge in [0.1, 0.15) is 10.8 Å². The Morgan fingerprint density at radius 2 is 2.18 bits per heavy atom. The van der Waals surface area contributed by atoms with Gasteiger partial charge in [-0.3, -0.25) is 0 Å². The summed E-state index contributed by atoms with van der Waals surface area (Å²) in [5.74, 6) is 0.00562. The molecule has 3 nitrogen and oxygen atoms in total. The van der Waals surface area contributed by atoms with Crippen LogP contribution in [0.15, 0.2) is 34.1 Å². The van der Waals surface area contributed by atoms with Crippen molar-refractivity contribution in [3.8, 4) is 11.3 Å². The highest BCUT2D eigenvalue weighted by molar-refractivity contribution is 9.10. The molecule has 0 unspecified atom stereocenters. The van der Waals surface area contributed by atoms with Crippen LogP contribution in [0.1, 0.15) is 5.01 Å². The molecule has 0 aliphatic heterocycles. The third-order valence-corrected chi connectivity index (χ3v) is 4.38. The lowest BCUT2D eigenvalue weighted by atomic mass is 10.2. The lowest BCUT2D eigenvalue weighted by molar-refractivity contribution is 0.601. The quantitative estimate of drug-likeness (QED) is 0.868. The molecule has 0 saturated heterocycles. The second kappa shape index (κ2) is 4.88. The minimum Gasteiger partial charge on any atom is -0.240 e. The van der Waals surface area contributed by atoms with E-state index in [2.05, 4.69) is 20.9 Å². The Labute approximate surface area is 113 Å². The maximum Gasteiger partial charge on any atom is 0.153 e. The zero-order chi connectivity index (χ0) is 12.5. The van der Waals surface area contributed by atoms with Gasteiger partial charge in [0.25, 0.3) is 0 Å². The van der Waals surface area contributed by atoms with Crippen molar-refractivity contribution in [2.45, 2.75) is 5.75 Å². The van der Waals surface area contributed by atoms with E-state index in [0.717, 1.165) is 15.7 Å². The fourth-order valence-corrected chi connectivity index (χ4v) is 3.80. The first-order valence-electron chi connectivity index (χ1n) is 4.82. The summed E-state index contributed by atoms with van der Waals surface area (Å²) in [7, 11) is -3.02. The zero-order valence-electron chi connectivity index (χ0n) is 9.05. The van der Waals surface area contributed by atoms with Crippen molar-refractivity contribution in [3.05, 3.63) is 39.1 Å². The average Bonchev–Trinajstić information content (AvgIpc) is 2.63. The number of aromatic nitrogens is 1. The van der Waals surface area contributed by atoms with Crippen LogP contribution >= 0.6 is 27.3 Å². The first-order chi connectivity index (χ1) is 7.94. The molecular formula is C11H10BrNO2S2. The van der Waals surface area contributed by atoms with E-state index < -0.39 is 9.84 Å². The summed E-state index contributed by atoms with van der Waals surface area (Å²) < 4.78 is 23.3. The second-order valence-electron chi connectivity index (χ2n) is 3.71. The Morgan fingerprint density at radius 3 is 2.82 bits per heavy atom. The highest BCUT2D eigenvalue weighted by Gasteiger charge is 2.10. The van der Waals surface area contributed by atoms with Crippen LogP contribution in [0.25, 0.3) is 11.3 Å². The third-order valence-electron chi connectivity index (χ3n) is 2.06. The Balaban J connectivity index is 2.30. The number of thiazole rings is 1. The lowest BCUT2D eigenvalue weighted by Crippen LogP contribution is -1.99. The summed E-state index contributed by atoms with van der Waals surface area (Å²) in [6, 6.07) is 7.77. The van der Waals surface area contributed by atoms with Crippen LogP contribution in [0.4, 0.5) is 0 Å². The van der Waals surface area contributed by atoms with E-state index in [0.29, 0.717) is 5.01 Å². The number of rotatable bonds is 3. The normalized spacial score (nSPS) is 11.6. The number of sulfone groups is 1. The lowest BCUT2D eigenvalue weighted by Gasteiger charge is -1.97. The number of nitrogens with zero attached hydrogens (tertiary/aromatic N) is 1. The Bertz CT molecular complexity index is 634. The first kappa shape index (κ1) is 12.7. The molecule has 0 atom stereocenters. The van der Waals surface area contributed by atoms with Gasteiger partial charge >= 0.3 is 0 Å². The molecule has 1 heterocycles. The highest BCUT2D eigenvalue weighted by atomic mass is 79.9. The van der Waals surface area contributed by atoms with Crippen molar-refractivity contribution in [1.29, 1.82) is 0 Å². The van der Waals surface area contributed by atoms with Gasteiger partial charge in [-0.05, 0) is 12.1 Å². The van der Waals surface area contributed by atoms with Gasteiger partial charge in [-0.2, -0.15) is 0 Å². The summed E-state index contributed by atoms with van der Waals surface area (Å²) in [6.45, 7) is 0. The molecule has 2 aromatic rings. The molecule has 0 radical (unpaired) electrons. The van der Waals surface area contributed by atoms with Crippen LogP contribution in [0, 0.1) is 0 Å². The summed E-state index contributed by atoms with van der Waals surface area (Å²) in [4.78, 5) is 4.33. The van der Waals surface area contributed by atoms with Gasteiger partial charge in [-0.25, -0.2) is 13.4 Å². The fourth-order valence-electron chi connectivity index (χ4n) is 1.38. The molecule has 1 aromatic carbocycles. The smallest absolute Gasteiger partial charge is 0.153 e.